The molecule has 1 aromatic heterocycles. The lowest BCUT2D eigenvalue weighted by molar-refractivity contribution is -0.117. The number of hydrogen-bond acceptors (Lipinski definition) is 4. The summed E-state index contributed by atoms with van der Waals surface area (Å²) in [6, 6.07) is 10.8. The highest BCUT2D eigenvalue weighted by molar-refractivity contribution is 5.96. The maximum absolute atomic E-state index is 12.2. The zero-order chi connectivity index (χ0) is 15.4. The standard InChI is InChI=1S/C17H18N2O3/c20-12-13-7-8-16(22-13)14-5-1-2-6-15(14)18-17(21)11-19-9-3-4-10-19/h1-2,5-8,12H,3-4,9-11H2,(H,18,21). The first-order valence-corrected chi connectivity index (χ1v) is 7.43. The molecule has 1 aromatic carbocycles. The first-order valence-electron chi connectivity index (χ1n) is 7.43. The van der Waals surface area contributed by atoms with E-state index in [2.05, 4.69) is 10.2 Å². The molecule has 2 aromatic rings. The molecule has 5 heteroatoms. The second-order valence-corrected chi connectivity index (χ2v) is 5.40. The monoisotopic (exact) mass is 298 g/mol. The van der Waals surface area contributed by atoms with Gasteiger partial charge in [0.25, 0.3) is 0 Å². The summed E-state index contributed by atoms with van der Waals surface area (Å²) in [6.07, 6.45) is 2.98. The summed E-state index contributed by atoms with van der Waals surface area (Å²) >= 11 is 0. The van der Waals surface area contributed by atoms with Crippen LogP contribution in [0.15, 0.2) is 40.8 Å². The van der Waals surface area contributed by atoms with E-state index in [1.165, 1.54) is 0 Å². The number of anilines is 1. The number of benzene rings is 1. The van der Waals surface area contributed by atoms with Crippen LogP contribution >= 0.6 is 0 Å². The highest BCUT2D eigenvalue weighted by Crippen LogP contribution is 2.29. The van der Waals surface area contributed by atoms with E-state index in [1.807, 2.05) is 24.3 Å². The molecule has 114 valence electrons. The summed E-state index contributed by atoms with van der Waals surface area (Å²) in [7, 11) is 0. The second-order valence-electron chi connectivity index (χ2n) is 5.40. The van der Waals surface area contributed by atoms with E-state index in [-0.39, 0.29) is 11.7 Å². The molecule has 0 saturated carbocycles. The van der Waals surface area contributed by atoms with Gasteiger partial charge in [-0.05, 0) is 50.2 Å². The van der Waals surface area contributed by atoms with Crippen LogP contribution in [0.1, 0.15) is 23.4 Å². The smallest absolute Gasteiger partial charge is 0.238 e. The molecule has 2 heterocycles. The van der Waals surface area contributed by atoms with E-state index in [0.29, 0.717) is 24.3 Å². The zero-order valence-electron chi connectivity index (χ0n) is 12.2. The number of aldehydes is 1. The van der Waals surface area contributed by atoms with E-state index in [0.717, 1.165) is 31.5 Å². The van der Waals surface area contributed by atoms with Crippen molar-refractivity contribution >= 4 is 17.9 Å². The highest BCUT2D eigenvalue weighted by Gasteiger charge is 2.16. The van der Waals surface area contributed by atoms with Crippen molar-refractivity contribution in [3.8, 4) is 11.3 Å². The lowest BCUT2D eigenvalue weighted by atomic mass is 10.1. The van der Waals surface area contributed by atoms with Gasteiger partial charge in [-0.25, -0.2) is 0 Å². The Morgan fingerprint density at radius 2 is 1.95 bits per heavy atom. The van der Waals surface area contributed by atoms with Gasteiger partial charge in [0, 0.05) is 5.56 Å². The lowest BCUT2D eigenvalue weighted by Crippen LogP contribution is -2.31. The fraction of sp³-hybridized carbons (Fsp3) is 0.294. The molecule has 1 amide bonds. The van der Waals surface area contributed by atoms with E-state index >= 15 is 0 Å². The van der Waals surface area contributed by atoms with Gasteiger partial charge in [-0.15, -0.1) is 0 Å². The zero-order valence-corrected chi connectivity index (χ0v) is 12.2. The average Bonchev–Trinajstić information content (AvgIpc) is 3.19. The minimum absolute atomic E-state index is 0.0310. The number of carbonyl (C=O) groups is 2. The molecule has 3 rings (SSSR count). The largest absolute Gasteiger partial charge is 0.453 e. The number of nitrogens with zero attached hydrogens (tertiary/aromatic N) is 1. The fourth-order valence-corrected chi connectivity index (χ4v) is 2.70. The maximum Gasteiger partial charge on any atom is 0.238 e. The van der Waals surface area contributed by atoms with Crippen LogP contribution in [0.4, 0.5) is 5.69 Å². The summed E-state index contributed by atoms with van der Waals surface area (Å²) in [6.45, 7) is 2.37. The normalized spacial score (nSPS) is 14.9. The van der Waals surface area contributed by atoms with E-state index in [9.17, 15) is 9.59 Å². The molecule has 0 unspecified atom stereocenters. The van der Waals surface area contributed by atoms with Crippen LogP contribution in [-0.2, 0) is 4.79 Å². The Bertz CT molecular complexity index is 672. The summed E-state index contributed by atoms with van der Waals surface area (Å²) in [5.41, 5.74) is 1.46. The minimum atomic E-state index is -0.0310. The maximum atomic E-state index is 12.2. The van der Waals surface area contributed by atoms with E-state index in [1.54, 1.807) is 12.1 Å². The van der Waals surface area contributed by atoms with Gasteiger partial charge in [-0.2, -0.15) is 0 Å². The van der Waals surface area contributed by atoms with Crippen molar-refractivity contribution in [2.24, 2.45) is 0 Å². The van der Waals surface area contributed by atoms with Crippen molar-refractivity contribution in [3.63, 3.8) is 0 Å². The van der Waals surface area contributed by atoms with Gasteiger partial charge in [0.2, 0.25) is 5.91 Å². The van der Waals surface area contributed by atoms with Gasteiger partial charge in [-0.3, -0.25) is 14.5 Å². The van der Waals surface area contributed by atoms with Crippen molar-refractivity contribution in [2.45, 2.75) is 12.8 Å². The molecular weight excluding hydrogens is 280 g/mol. The molecule has 1 N–H and O–H groups in total. The number of rotatable bonds is 5. The lowest BCUT2D eigenvalue weighted by Gasteiger charge is -2.15. The third-order valence-corrected chi connectivity index (χ3v) is 3.78. The molecule has 1 aliphatic rings. The Balaban J connectivity index is 1.75. The van der Waals surface area contributed by atoms with Gasteiger partial charge in [0.1, 0.15) is 5.76 Å². The minimum Gasteiger partial charge on any atom is -0.453 e. The number of nitrogens with one attached hydrogen (secondary N) is 1. The number of furan rings is 1. The molecule has 1 aliphatic heterocycles. The molecule has 5 nitrogen and oxygen atoms in total. The van der Waals surface area contributed by atoms with Crippen LogP contribution in [0.3, 0.4) is 0 Å². The summed E-state index contributed by atoms with van der Waals surface area (Å²) in [5.74, 6) is 0.809. The topological polar surface area (TPSA) is 62.6 Å². The average molecular weight is 298 g/mol. The van der Waals surface area contributed by atoms with Gasteiger partial charge in [0.05, 0.1) is 12.2 Å². The summed E-state index contributed by atoms with van der Waals surface area (Å²) in [4.78, 5) is 25.1. The van der Waals surface area contributed by atoms with E-state index in [4.69, 9.17) is 4.42 Å². The van der Waals surface area contributed by atoms with Crippen molar-refractivity contribution in [2.75, 3.05) is 25.0 Å². The Morgan fingerprint density at radius 3 is 2.68 bits per heavy atom. The molecule has 22 heavy (non-hydrogen) atoms. The van der Waals surface area contributed by atoms with Crippen molar-refractivity contribution in [1.29, 1.82) is 0 Å². The molecule has 1 saturated heterocycles. The van der Waals surface area contributed by atoms with Crippen molar-refractivity contribution in [3.05, 3.63) is 42.2 Å². The van der Waals surface area contributed by atoms with E-state index < -0.39 is 0 Å². The predicted octanol–water partition coefficient (Wildman–Crippen LogP) is 2.79. The van der Waals surface area contributed by atoms with Crippen LogP contribution in [0.25, 0.3) is 11.3 Å². The van der Waals surface area contributed by atoms with Crippen LogP contribution in [-0.4, -0.2) is 36.7 Å². The number of carbonyl (C=O) groups excluding carboxylic acids is 2. The SMILES string of the molecule is O=Cc1ccc(-c2ccccc2NC(=O)CN2CCCC2)o1. The van der Waals surface area contributed by atoms with Crippen LogP contribution in [0.2, 0.25) is 0 Å². The molecule has 0 atom stereocenters. The Kier molecular flexibility index (Phi) is 4.34. The van der Waals surface area contributed by atoms with Gasteiger partial charge < -0.3 is 9.73 Å². The van der Waals surface area contributed by atoms with Crippen LogP contribution < -0.4 is 5.32 Å². The van der Waals surface area contributed by atoms with Crippen LogP contribution in [0.5, 0.6) is 0 Å². The van der Waals surface area contributed by atoms with Gasteiger partial charge in [0.15, 0.2) is 12.0 Å². The molecule has 0 bridgehead atoms. The first kappa shape index (κ1) is 14.5. The highest BCUT2D eigenvalue weighted by atomic mass is 16.3. The van der Waals surface area contributed by atoms with Gasteiger partial charge >= 0.3 is 0 Å². The number of amides is 1. The van der Waals surface area contributed by atoms with Crippen LogP contribution in [0, 0.1) is 0 Å². The Morgan fingerprint density at radius 1 is 1.18 bits per heavy atom. The molecule has 0 spiro atoms. The Hall–Kier alpha value is -2.40. The molecule has 0 radical (unpaired) electrons. The number of likely N-dealkylation sites (tertiary alicyclic amines) is 1. The molecule has 1 fully saturated rings. The van der Waals surface area contributed by atoms with Gasteiger partial charge in [-0.1, -0.05) is 12.1 Å². The number of para-hydroxylation sites is 1. The second kappa shape index (κ2) is 6.58. The third-order valence-electron chi connectivity index (χ3n) is 3.78. The predicted molar refractivity (Wildman–Crippen MR) is 83.8 cm³/mol. The first-order chi connectivity index (χ1) is 10.8. The number of hydrogen-bond donors (Lipinski definition) is 1. The molecular formula is C17H18N2O3. The quantitative estimate of drug-likeness (QED) is 0.862. The fourth-order valence-electron chi connectivity index (χ4n) is 2.70. The summed E-state index contributed by atoms with van der Waals surface area (Å²) < 4.78 is 5.44. The Labute approximate surface area is 128 Å². The van der Waals surface area contributed by atoms with Crippen molar-refractivity contribution < 1.29 is 14.0 Å². The van der Waals surface area contributed by atoms with Crippen molar-refractivity contribution in [1.82, 2.24) is 4.90 Å². The molecule has 0 aliphatic carbocycles. The summed E-state index contributed by atoms with van der Waals surface area (Å²) in [5, 5.41) is 2.93. The third kappa shape index (κ3) is 3.26.